The number of hydrogen-bond donors (Lipinski definition) is 1. The van der Waals surface area contributed by atoms with Crippen molar-refractivity contribution in [3.05, 3.63) is 29.3 Å². The molecule has 0 radical (unpaired) electrons. The van der Waals surface area contributed by atoms with Gasteiger partial charge in [-0.15, -0.1) is 0 Å². The lowest BCUT2D eigenvalue weighted by Crippen LogP contribution is -2.54. The summed E-state index contributed by atoms with van der Waals surface area (Å²) in [4.78, 5) is 14.6. The van der Waals surface area contributed by atoms with Gasteiger partial charge < -0.3 is 19.5 Å². The predicted octanol–water partition coefficient (Wildman–Crippen LogP) is 2.07. The molecule has 1 aliphatic carbocycles. The van der Waals surface area contributed by atoms with Gasteiger partial charge in [-0.2, -0.15) is 0 Å². The normalized spacial score (nSPS) is 27.3. The van der Waals surface area contributed by atoms with Gasteiger partial charge in [0.15, 0.2) is 6.61 Å². The zero-order valence-electron chi connectivity index (χ0n) is 14.5. The number of nitrogens with zero attached hydrogens (tertiary/aromatic N) is 1. The van der Waals surface area contributed by atoms with Gasteiger partial charge in [-0.05, 0) is 43.9 Å². The van der Waals surface area contributed by atoms with E-state index in [1.807, 2.05) is 36.9 Å². The number of benzene rings is 1. The lowest BCUT2D eigenvalue weighted by molar-refractivity contribution is -0.146. The van der Waals surface area contributed by atoms with Gasteiger partial charge >= 0.3 is 0 Å². The van der Waals surface area contributed by atoms with Crippen LogP contribution in [0.4, 0.5) is 0 Å². The summed E-state index contributed by atoms with van der Waals surface area (Å²) in [7, 11) is 0. The number of amides is 1. The van der Waals surface area contributed by atoms with Crippen LogP contribution in [-0.4, -0.2) is 54.4 Å². The standard InChI is InChI=1S/C19H27NO4/c1-13-6-7-14(2)18(10-13)24-12-19(22)20-8-9-23-11-16(20)15-4-3-5-17(15)21/h6-7,10,15-17,21H,3-5,8-9,11-12H2,1-2H3/t15-,16+,17-/m0/s1. The van der Waals surface area contributed by atoms with Crippen LogP contribution >= 0.6 is 0 Å². The Morgan fingerprint density at radius 3 is 2.96 bits per heavy atom. The third-order valence-corrected chi connectivity index (χ3v) is 5.21. The quantitative estimate of drug-likeness (QED) is 0.916. The highest BCUT2D eigenvalue weighted by Gasteiger charge is 2.39. The lowest BCUT2D eigenvalue weighted by Gasteiger charge is -2.40. The fraction of sp³-hybridized carbons (Fsp3) is 0.632. The van der Waals surface area contributed by atoms with Gasteiger partial charge in [0.2, 0.25) is 0 Å². The summed E-state index contributed by atoms with van der Waals surface area (Å²) in [5.41, 5.74) is 2.14. The fourth-order valence-corrected chi connectivity index (χ4v) is 3.79. The van der Waals surface area contributed by atoms with Crippen LogP contribution in [0, 0.1) is 19.8 Å². The first-order valence-corrected chi connectivity index (χ1v) is 8.81. The van der Waals surface area contributed by atoms with E-state index in [9.17, 15) is 9.90 Å². The molecular formula is C19H27NO4. The summed E-state index contributed by atoms with van der Waals surface area (Å²) in [6, 6.07) is 5.96. The molecule has 1 saturated carbocycles. The Hall–Kier alpha value is -1.59. The Morgan fingerprint density at radius 2 is 2.21 bits per heavy atom. The van der Waals surface area contributed by atoms with Crippen molar-refractivity contribution in [1.82, 2.24) is 4.90 Å². The Kier molecular flexibility index (Phi) is 5.41. The molecule has 1 aliphatic heterocycles. The highest BCUT2D eigenvalue weighted by molar-refractivity contribution is 5.78. The summed E-state index contributed by atoms with van der Waals surface area (Å²) in [5, 5.41) is 10.2. The molecule has 0 bridgehead atoms. The maximum atomic E-state index is 12.7. The number of carbonyl (C=O) groups is 1. The molecule has 5 heteroatoms. The third-order valence-electron chi connectivity index (χ3n) is 5.21. The number of rotatable bonds is 4. The van der Waals surface area contributed by atoms with E-state index in [4.69, 9.17) is 9.47 Å². The first kappa shape index (κ1) is 17.2. The van der Waals surface area contributed by atoms with Gasteiger partial charge in [-0.3, -0.25) is 4.79 Å². The minimum absolute atomic E-state index is 0.0247. The number of aryl methyl sites for hydroxylation is 2. The molecule has 0 unspecified atom stereocenters. The van der Waals surface area contributed by atoms with E-state index in [0.717, 1.165) is 36.1 Å². The molecular weight excluding hydrogens is 306 g/mol. The number of aliphatic hydroxyl groups is 1. The summed E-state index contributed by atoms with van der Waals surface area (Å²) in [6.07, 6.45) is 2.47. The first-order chi connectivity index (χ1) is 11.6. The average Bonchev–Trinajstić information content (AvgIpc) is 3.01. The number of carbonyl (C=O) groups excluding carboxylic acids is 1. The maximum absolute atomic E-state index is 12.7. The molecule has 1 heterocycles. The third kappa shape index (κ3) is 3.73. The van der Waals surface area contributed by atoms with Crippen LogP contribution < -0.4 is 4.74 Å². The number of ether oxygens (including phenoxy) is 2. The van der Waals surface area contributed by atoms with Gasteiger partial charge in [0.25, 0.3) is 5.91 Å². The van der Waals surface area contributed by atoms with Crippen molar-refractivity contribution in [2.24, 2.45) is 5.92 Å². The molecule has 132 valence electrons. The summed E-state index contributed by atoms with van der Waals surface area (Å²) in [6.45, 7) is 5.65. The molecule has 0 aromatic heterocycles. The monoisotopic (exact) mass is 333 g/mol. The molecule has 3 rings (SSSR count). The van der Waals surface area contributed by atoms with E-state index in [1.54, 1.807) is 0 Å². The van der Waals surface area contributed by atoms with Gasteiger partial charge in [-0.1, -0.05) is 18.6 Å². The predicted molar refractivity (Wildman–Crippen MR) is 91.1 cm³/mol. The van der Waals surface area contributed by atoms with E-state index < -0.39 is 0 Å². The number of aliphatic hydroxyl groups excluding tert-OH is 1. The summed E-state index contributed by atoms with van der Waals surface area (Å²) < 4.78 is 11.4. The lowest BCUT2D eigenvalue weighted by atomic mass is 9.94. The molecule has 5 nitrogen and oxygen atoms in total. The molecule has 24 heavy (non-hydrogen) atoms. The van der Waals surface area contributed by atoms with Gasteiger partial charge in [0.05, 0.1) is 25.4 Å². The summed E-state index contributed by atoms with van der Waals surface area (Å²) >= 11 is 0. The van der Waals surface area contributed by atoms with Crippen molar-refractivity contribution in [1.29, 1.82) is 0 Å². The van der Waals surface area contributed by atoms with Crippen LogP contribution in [0.5, 0.6) is 5.75 Å². The molecule has 1 aromatic rings. The zero-order chi connectivity index (χ0) is 17.1. The molecule has 1 amide bonds. The van der Waals surface area contributed by atoms with Crippen molar-refractivity contribution in [3.63, 3.8) is 0 Å². The van der Waals surface area contributed by atoms with Crippen LogP contribution in [-0.2, 0) is 9.53 Å². The Morgan fingerprint density at radius 1 is 1.38 bits per heavy atom. The Balaban J connectivity index is 1.64. The van der Waals surface area contributed by atoms with Crippen molar-refractivity contribution in [3.8, 4) is 5.75 Å². The molecule has 3 atom stereocenters. The summed E-state index contributed by atoms with van der Waals surface area (Å²) in [5.74, 6) is 0.854. The van der Waals surface area contributed by atoms with Crippen molar-refractivity contribution in [2.45, 2.75) is 45.3 Å². The van der Waals surface area contributed by atoms with Crippen molar-refractivity contribution < 1.29 is 19.4 Å². The van der Waals surface area contributed by atoms with E-state index >= 15 is 0 Å². The molecule has 1 aromatic carbocycles. The minimum atomic E-state index is -0.327. The molecule has 2 aliphatic rings. The second kappa shape index (κ2) is 7.53. The van der Waals surface area contributed by atoms with Gasteiger partial charge in [-0.25, -0.2) is 0 Å². The topological polar surface area (TPSA) is 59.0 Å². The van der Waals surface area contributed by atoms with E-state index in [2.05, 4.69) is 0 Å². The second-order valence-corrected chi connectivity index (χ2v) is 6.95. The van der Waals surface area contributed by atoms with Crippen LogP contribution in [0.15, 0.2) is 18.2 Å². The smallest absolute Gasteiger partial charge is 0.260 e. The van der Waals surface area contributed by atoms with Crippen molar-refractivity contribution >= 4 is 5.91 Å². The van der Waals surface area contributed by atoms with Crippen LogP contribution in [0.2, 0.25) is 0 Å². The maximum Gasteiger partial charge on any atom is 0.260 e. The van der Waals surface area contributed by atoms with Crippen LogP contribution in [0.25, 0.3) is 0 Å². The fourth-order valence-electron chi connectivity index (χ4n) is 3.79. The number of hydrogen-bond acceptors (Lipinski definition) is 4. The SMILES string of the molecule is Cc1ccc(C)c(OCC(=O)N2CCOC[C@@H]2[C@@H]2CCC[C@@H]2O)c1. The van der Waals surface area contributed by atoms with Crippen LogP contribution in [0.3, 0.4) is 0 Å². The highest BCUT2D eigenvalue weighted by Crippen LogP contribution is 2.32. The second-order valence-electron chi connectivity index (χ2n) is 6.95. The molecule has 1 saturated heterocycles. The van der Waals surface area contributed by atoms with Gasteiger partial charge in [0.1, 0.15) is 5.75 Å². The zero-order valence-corrected chi connectivity index (χ0v) is 14.5. The highest BCUT2D eigenvalue weighted by atomic mass is 16.5. The Bertz CT molecular complexity index is 589. The molecule has 0 spiro atoms. The van der Waals surface area contributed by atoms with Crippen molar-refractivity contribution in [2.75, 3.05) is 26.4 Å². The largest absolute Gasteiger partial charge is 0.483 e. The molecule has 2 fully saturated rings. The Labute approximate surface area is 143 Å². The van der Waals surface area contributed by atoms with E-state index in [1.165, 1.54) is 0 Å². The van der Waals surface area contributed by atoms with Crippen LogP contribution in [0.1, 0.15) is 30.4 Å². The average molecular weight is 333 g/mol. The van der Waals surface area contributed by atoms with E-state index in [0.29, 0.717) is 19.8 Å². The van der Waals surface area contributed by atoms with Gasteiger partial charge in [0, 0.05) is 12.5 Å². The first-order valence-electron chi connectivity index (χ1n) is 8.81. The minimum Gasteiger partial charge on any atom is -0.483 e. The van der Waals surface area contributed by atoms with E-state index in [-0.39, 0.29) is 30.6 Å². The molecule has 1 N–H and O–H groups in total. The number of morpholine rings is 1.